The van der Waals surface area contributed by atoms with E-state index in [0.717, 1.165) is 22.3 Å². The molecule has 0 aliphatic rings. The molecule has 0 spiro atoms. The summed E-state index contributed by atoms with van der Waals surface area (Å²) in [5.74, 6) is 2.65. The number of nitrogens with two attached hydrogens (primary N) is 1. The molecular weight excluding hydrogens is 278 g/mol. The lowest BCUT2D eigenvalue weighted by Gasteiger charge is -2.08. The molecule has 0 aliphatic carbocycles. The molecule has 100 valence electrons. The molecular formula is C15H16ClNOS. The van der Waals surface area contributed by atoms with Gasteiger partial charge in [0.05, 0.1) is 12.3 Å². The lowest BCUT2D eigenvalue weighted by atomic mass is 10.2. The number of halogens is 1. The van der Waals surface area contributed by atoms with Crippen LogP contribution in [-0.2, 0) is 5.75 Å². The van der Waals surface area contributed by atoms with Gasteiger partial charge < -0.3 is 10.5 Å². The van der Waals surface area contributed by atoms with Crippen molar-refractivity contribution in [2.45, 2.75) is 5.75 Å². The monoisotopic (exact) mass is 293 g/mol. The molecule has 0 saturated carbocycles. The Labute approximate surface area is 122 Å². The summed E-state index contributed by atoms with van der Waals surface area (Å²) < 4.78 is 5.63. The molecule has 0 atom stereocenters. The highest BCUT2D eigenvalue weighted by atomic mass is 35.5. The van der Waals surface area contributed by atoms with Gasteiger partial charge in [0.1, 0.15) is 5.75 Å². The van der Waals surface area contributed by atoms with Gasteiger partial charge in [-0.3, -0.25) is 0 Å². The number of rotatable bonds is 6. The number of ether oxygens (including phenoxy) is 1. The summed E-state index contributed by atoms with van der Waals surface area (Å²) in [5, 5.41) is 0.775. The van der Waals surface area contributed by atoms with Crippen LogP contribution in [0.25, 0.3) is 0 Å². The summed E-state index contributed by atoms with van der Waals surface area (Å²) in [6, 6.07) is 15.5. The van der Waals surface area contributed by atoms with Crippen molar-refractivity contribution in [3.05, 3.63) is 59.1 Å². The van der Waals surface area contributed by atoms with E-state index in [-0.39, 0.29) is 0 Å². The van der Waals surface area contributed by atoms with Crippen molar-refractivity contribution in [2.75, 3.05) is 18.1 Å². The predicted octanol–water partition coefficient (Wildman–Crippen LogP) is 4.23. The Hall–Kier alpha value is -1.32. The molecule has 4 heteroatoms. The second-order valence-corrected chi connectivity index (χ2v) is 5.61. The molecule has 0 saturated heterocycles. The number of hydrogen-bond acceptors (Lipinski definition) is 3. The molecule has 0 unspecified atom stereocenters. The number of benzene rings is 2. The van der Waals surface area contributed by atoms with Gasteiger partial charge in [-0.1, -0.05) is 35.9 Å². The van der Waals surface area contributed by atoms with Gasteiger partial charge >= 0.3 is 0 Å². The minimum atomic E-state index is 0.659. The molecule has 2 N–H and O–H groups in total. The zero-order valence-electron chi connectivity index (χ0n) is 10.5. The van der Waals surface area contributed by atoms with E-state index < -0.39 is 0 Å². The van der Waals surface area contributed by atoms with Gasteiger partial charge in [-0.2, -0.15) is 11.8 Å². The lowest BCUT2D eigenvalue weighted by molar-refractivity contribution is 0.346. The van der Waals surface area contributed by atoms with E-state index in [1.54, 1.807) is 0 Å². The van der Waals surface area contributed by atoms with E-state index in [2.05, 4.69) is 0 Å². The third-order valence-electron chi connectivity index (χ3n) is 2.59. The molecule has 2 rings (SSSR count). The third kappa shape index (κ3) is 4.69. The van der Waals surface area contributed by atoms with Crippen molar-refractivity contribution in [2.24, 2.45) is 0 Å². The third-order valence-corrected chi connectivity index (χ3v) is 3.83. The molecule has 19 heavy (non-hydrogen) atoms. The molecule has 0 amide bonds. The minimum Gasteiger partial charge on any atom is -0.491 e. The van der Waals surface area contributed by atoms with E-state index >= 15 is 0 Å². The minimum absolute atomic E-state index is 0.659. The van der Waals surface area contributed by atoms with Crippen molar-refractivity contribution in [1.82, 2.24) is 0 Å². The Morgan fingerprint density at radius 3 is 2.53 bits per heavy atom. The number of hydrogen-bond donors (Lipinski definition) is 1. The van der Waals surface area contributed by atoms with Crippen LogP contribution in [-0.4, -0.2) is 12.4 Å². The fraction of sp³-hybridized carbons (Fsp3) is 0.200. The van der Waals surface area contributed by atoms with Crippen LogP contribution in [0.2, 0.25) is 5.02 Å². The number of anilines is 1. The number of para-hydroxylation sites is 2. The molecule has 2 aromatic rings. The van der Waals surface area contributed by atoms with E-state index in [1.165, 1.54) is 5.56 Å². The molecule has 0 fully saturated rings. The molecule has 2 nitrogen and oxygen atoms in total. The summed E-state index contributed by atoms with van der Waals surface area (Å²) in [5.41, 5.74) is 7.75. The molecule has 0 heterocycles. The summed E-state index contributed by atoms with van der Waals surface area (Å²) in [4.78, 5) is 0. The van der Waals surface area contributed by atoms with E-state index in [1.807, 2.05) is 60.3 Å². The largest absolute Gasteiger partial charge is 0.491 e. The van der Waals surface area contributed by atoms with Crippen LogP contribution in [0.3, 0.4) is 0 Å². The van der Waals surface area contributed by atoms with Crippen LogP contribution >= 0.6 is 23.4 Å². The Kier molecular flexibility index (Phi) is 5.43. The van der Waals surface area contributed by atoms with Crippen LogP contribution < -0.4 is 10.5 Å². The molecule has 0 aliphatic heterocycles. The predicted molar refractivity (Wildman–Crippen MR) is 84.0 cm³/mol. The Bertz CT molecular complexity index is 516. The Balaban J connectivity index is 1.67. The van der Waals surface area contributed by atoms with Crippen molar-refractivity contribution in [3.8, 4) is 5.75 Å². The van der Waals surface area contributed by atoms with E-state index in [4.69, 9.17) is 22.1 Å². The van der Waals surface area contributed by atoms with Gasteiger partial charge in [-0.15, -0.1) is 0 Å². The first-order valence-electron chi connectivity index (χ1n) is 6.05. The highest BCUT2D eigenvalue weighted by Gasteiger charge is 1.98. The van der Waals surface area contributed by atoms with Gasteiger partial charge in [0.15, 0.2) is 0 Å². The highest BCUT2D eigenvalue weighted by molar-refractivity contribution is 7.98. The first-order valence-corrected chi connectivity index (χ1v) is 7.58. The van der Waals surface area contributed by atoms with Crippen LogP contribution in [0.4, 0.5) is 5.69 Å². The highest BCUT2D eigenvalue weighted by Crippen LogP contribution is 2.20. The normalized spacial score (nSPS) is 10.4. The summed E-state index contributed by atoms with van der Waals surface area (Å²) in [6.45, 7) is 0.659. The van der Waals surface area contributed by atoms with Crippen LogP contribution in [0.5, 0.6) is 5.75 Å². The maximum Gasteiger partial charge on any atom is 0.142 e. The van der Waals surface area contributed by atoms with Gasteiger partial charge in [-0.25, -0.2) is 0 Å². The average Bonchev–Trinajstić information content (AvgIpc) is 2.42. The van der Waals surface area contributed by atoms with Crippen molar-refractivity contribution >= 4 is 29.1 Å². The van der Waals surface area contributed by atoms with Gasteiger partial charge in [0.2, 0.25) is 0 Å². The van der Waals surface area contributed by atoms with E-state index in [9.17, 15) is 0 Å². The van der Waals surface area contributed by atoms with Crippen molar-refractivity contribution in [3.63, 3.8) is 0 Å². The molecule has 0 radical (unpaired) electrons. The first kappa shape index (κ1) is 14.1. The standard InChI is InChI=1S/C15H16ClNOS/c16-13-7-5-12(6-8-13)11-19-10-9-18-15-4-2-1-3-14(15)17/h1-8H,9-11,17H2. The SMILES string of the molecule is Nc1ccccc1OCCSCc1ccc(Cl)cc1. The smallest absolute Gasteiger partial charge is 0.142 e. The second kappa shape index (κ2) is 7.31. The topological polar surface area (TPSA) is 35.2 Å². The zero-order chi connectivity index (χ0) is 13.5. The summed E-state index contributed by atoms with van der Waals surface area (Å²) >= 11 is 7.67. The molecule has 0 bridgehead atoms. The van der Waals surface area contributed by atoms with Gasteiger partial charge in [0, 0.05) is 16.5 Å². The fourth-order valence-electron chi connectivity index (χ4n) is 1.59. The van der Waals surface area contributed by atoms with Crippen molar-refractivity contribution < 1.29 is 4.74 Å². The Morgan fingerprint density at radius 2 is 1.79 bits per heavy atom. The van der Waals surface area contributed by atoms with Crippen LogP contribution in [0.1, 0.15) is 5.56 Å². The maximum absolute atomic E-state index is 5.84. The van der Waals surface area contributed by atoms with Crippen LogP contribution in [0.15, 0.2) is 48.5 Å². The van der Waals surface area contributed by atoms with Crippen molar-refractivity contribution in [1.29, 1.82) is 0 Å². The lowest BCUT2D eigenvalue weighted by Crippen LogP contribution is -2.02. The Morgan fingerprint density at radius 1 is 1.05 bits per heavy atom. The zero-order valence-corrected chi connectivity index (χ0v) is 12.1. The maximum atomic E-state index is 5.84. The fourth-order valence-corrected chi connectivity index (χ4v) is 2.49. The van der Waals surface area contributed by atoms with Crippen LogP contribution in [0, 0.1) is 0 Å². The van der Waals surface area contributed by atoms with E-state index in [0.29, 0.717) is 12.3 Å². The second-order valence-electron chi connectivity index (χ2n) is 4.07. The quantitative estimate of drug-likeness (QED) is 0.639. The average molecular weight is 294 g/mol. The first-order chi connectivity index (χ1) is 9.25. The number of nitrogen functional groups attached to an aromatic ring is 1. The molecule has 0 aromatic heterocycles. The summed E-state index contributed by atoms with van der Waals surface area (Å²) in [6.07, 6.45) is 0. The number of thioether (sulfide) groups is 1. The van der Waals surface area contributed by atoms with Gasteiger partial charge in [-0.05, 0) is 29.8 Å². The van der Waals surface area contributed by atoms with Gasteiger partial charge in [0.25, 0.3) is 0 Å². The summed E-state index contributed by atoms with van der Waals surface area (Å²) in [7, 11) is 0. The molecule has 2 aromatic carbocycles.